The topological polar surface area (TPSA) is 58.2 Å². The third kappa shape index (κ3) is 6.40. The van der Waals surface area contributed by atoms with E-state index in [0.717, 1.165) is 12.8 Å². The highest BCUT2D eigenvalue weighted by molar-refractivity contribution is 6.33. The minimum atomic E-state index is -0.618. The Morgan fingerprint density at radius 1 is 0.926 bits per heavy atom. The molecule has 2 aromatic carbocycles. The summed E-state index contributed by atoms with van der Waals surface area (Å²) in [6.07, 6.45) is 1.72. The summed E-state index contributed by atoms with van der Waals surface area (Å²) in [4.78, 5) is 25.2. The molecule has 0 saturated heterocycles. The second-order valence-corrected chi connectivity index (χ2v) is 7.52. The zero-order chi connectivity index (χ0) is 19.8. The van der Waals surface area contributed by atoms with Crippen molar-refractivity contribution in [1.29, 1.82) is 0 Å². The molecule has 0 fully saturated rings. The third-order valence-electron chi connectivity index (χ3n) is 4.45. The molecule has 0 aliphatic carbocycles. The van der Waals surface area contributed by atoms with Crippen LogP contribution in [0, 0.1) is 5.92 Å². The quantitative estimate of drug-likeness (QED) is 0.713. The van der Waals surface area contributed by atoms with Crippen molar-refractivity contribution in [2.75, 3.05) is 0 Å². The normalized spacial score (nSPS) is 13.1. The number of halogens is 1. The van der Waals surface area contributed by atoms with Gasteiger partial charge in [-0.2, -0.15) is 0 Å². The zero-order valence-corrected chi connectivity index (χ0v) is 16.8. The van der Waals surface area contributed by atoms with Gasteiger partial charge in [0.05, 0.1) is 10.6 Å². The molecule has 2 rings (SSSR count). The summed E-state index contributed by atoms with van der Waals surface area (Å²) in [6, 6.07) is 16.4. The Labute approximate surface area is 166 Å². The smallest absolute Gasteiger partial charge is 0.253 e. The predicted molar refractivity (Wildman–Crippen MR) is 110 cm³/mol. The highest BCUT2D eigenvalue weighted by Crippen LogP contribution is 2.15. The van der Waals surface area contributed by atoms with Crippen molar-refractivity contribution < 1.29 is 9.59 Å². The van der Waals surface area contributed by atoms with Crippen LogP contribution in [-0.2, 0) is 11.2 Å². The van der Waals surface area contributed by atoms with E-state index in [2.05, 4.69) is 22.8 Å². The van der Waals surface area contributed by atoms with Crippen LogP contribution < -0.4 is 10.6 Å². The van der Waals surface area contributed by atoms with E-state index in [1.807, 2.05) is 39.0 Å². The van der Waals surface area contributed by atoms with Crippen LogP contribution in [0.15, 0.2) is 54.6 Å². The van der Waals surface area contributed by atoms with E-state index in [0.29, 0.717) is 10.6 Å². The van der Waals surface area contributed by atoms with Gasteiger partial charge < -0.3 is 10.6 Å². The Kier molecular flexibility index (Phi) is 7.86. The summed E-state index contributed by atoms with van der Waals surface area (Å²) >= 11 is 6.08. The van der Waals surface area contributed by atoms with Crippen molar-refractivity contribution >= 4 is 23.4 Å². The van der Waals surface area contributed by atoms with E-state index < -0.39 is 6.04 Å². The van der Waals surface area contributed by atoms with Crippen molar-refractivity contribution in [1.82, 2.24) is 10.6 Å². The number of carbonyl (C=O) groups is 2. The van der Waals surface area contributed by atoms with Crippen LogP contribution in [0.5, 0.6) is 0 Å². The molecule has 144 valence electrons. The summed E-state index contributed by atoms with van der Waals surface area (Å²) in [7, 11) is 0. The summed E-state index contributed by atoms with van der Waals surface area (Å²) in [5.41, 5.74) is 1.61. The van der Waals surface area contributed by atoms with Gasteiger partial charge in [0.15, 0.2) is 0 Å². The molecular weight excluding hydrogens is 360 g/mol. The van der Waals surface area contributed by atoms with Gasteiger partial charge in [0.1, 0.15) is 6.04 Å². The van der Waals surface area contributed by atoms with Gasteiger partial charge in [-0.15, -0.1) is 0 Å². The third-order valence-corrected chi connectivity index (χ3v) is 4.78. The molecule has 1 unspecified atom stereocenters. The summed E-state index contributed by atoms with van der Waals surface area (Å²) in [6.45, 7) is 5.80. The van der Waals surface area contributed by atoms with Gasteiger partial charge >= 0.3 is 0 Å². The lowest BCUT2D eigenvalue weighted by Crippen LogP contribution is -2.51. The molecule has 27 heavy (non-hydrogen) atoms. The second-order valence-electron chi connectivity index (χ2n) is 7.11. The molecule has 4 nitrogen and oxygen atoms in total. The molecule has 2 amide bonds. The Balaban J connectivity index is 1.94. The average molecular weight is 387 g/mol. The van der Waals surface area contributed by atoms with Gasteiger partial charge in [0.25, 0.3) is 5.91 Å². The number of amides is 2. The van der Waals surface area contributed by atoms with Crippen molar-refractivity contribution in [3.8, 4) is 0 Å². The van der Waals surface area contributed by atoms with Crippen LogP contribution >= 0.6 is 11.6 Å². The maximum Gasteiger partial charge on any atom is 0.253 e. The van der Waals surface area contributed by atoms with E-state index in [1.165, 1.54) is 5.56 Å². The Morgan fingerprint density at radius 2 is 1.56 bits per heavy atom. The largest absolute Gasteiger partial charge is 0.352 e. The molecule has 0 bridgehead atoms. The van der Waals surface area contributed by atoms with Crippen LogP contribution in [0.4, 0.5) is 0 Å². The van der Waals surface area contributed by atoms with Gasteiger partial charge in [0.2, 0.25) is 5.91 Å². The van der Waals surface area contributed by atoms with Crippen molar-refractivity contribution in [2.24, 2.45) is 5.92 Å². The molecule has 0 aliphatic rings. The molecule has 0 heterocycles. The predicted octanol–water partition coefficient (Wildman–Crippen LogP) is 4.23. The first-order valence-electron chi connectivity index (χ1n) is 9.28. The van der Waals surface area contributed by atoms with E-state index in [1.54, 1.807) is 24.3 Å². The number of benzene rings is 2. The van der Waals surface area contributed by atoms with Crippen molar-refractivity contribution in [3.63, 3.8) is 0 Å². The molecule has 2 atom stereocenters. The zero-order valence-electron chi connectivity index (χ0n) is 16.0. The van der Waals surface area contributed by atoms with Gasteiger partial charge in [-0.3, -0.25) is 9.59 Å². The van der Waals surface area contributed by atoms with Gasteiger partial charge in [-0.25, -0.2) is 0 Å². The maximum absolute atomic E-state index is 12.7. The SMILES string of the molecule is CC(CCc1ccccc1)NC(=O)[C@@H](NC(=O)c1ccccc1Cl)C(C)C. The van der Waals surface area contributed by atoms with Gasteiger partial charge in [-0.1, -0.05) is 67.9 Å². The molecule has 2 aromatic rings. The molecule has 0 spiro atoms. The lowest BCUT2D eigenvalue weighted by molar-refractivity contribution is -0.124. The number of rotatable bonds is 8. The molecule has 0 aliphatic heterocycles. The number of nitrogens with one attached hydrogen (secondary N) is 2. The Bertz CT molecular complexity index is 762. The first-order chi connectivity index (χ1) is 12.9. The van der Waals surface area contributed by atoms with E-state index >= 15 is 0 Å². The molecule has 2 N–H and O–H groups in total. The standard InChI is InChI=1S/C22H27ClN2O2/c1-15(2)20(25-21(26)18-11-7-8-12-19(18)23)22(27)24-16(3)13-14-17-9-5-4-6-10-17/h4-12,15-16,20H,13-14H2,1-3H3,(H,24,27)(H,25,26)/t16?,20-/m0/s1. The van der Waals surface area contributed by atoms with Crippen LogP contribution in [0.25, 0.3) is 0 Å². The lowest BCUT2D eigenvalue weighted by atomic mass is 10.0. The molecule has 5 heteroatoms. The number of carbonyl (C=O) groups excluding carboxylic acids is 2. The van der Waals surface area contributed by atoms with E-state index in [4.69, 9.17) is 11.6 Å². The first kappa shape index (κ1) is 21.0. The van der Waals surface area contributed by atoms with Crippen molar-refractivity contribution in [2.45, 2.75) is 45.7 Å². The van der Waals surface area contributed by atoms with E-state index in [9.17, 15) is 9.59 Å². The van der Waals surface area contributed by atoms with Crippen LogP contribution in [0.3, 0.4) is 0 Å². The number of hydrogen-bond acceptors (Lipinski definition) is 2. The van der Waals surface area contributed by atoms with Crippen molar-refractivity contribution in [3.05, 3.63) is 70.7 Å². The van der Waals surface area contributed by atoms with Crippen LogP contribution in [0.2, 0.25) is 5.02 Å². The van der Waals surface area contributed by atoms with Crippen LogP contribution in [-0.4, -0.2) is 23.9 Å². The fourth-order valence-electron chi connectivity index (χ4n) is 2.83. The molecule has 0 saturated carbocycles. The molecule has 0 aromatic heterocycles. The highest BCUT2D eigenvalue weighted by Gasteiger charge is 2.26. The Morgan fingerprint density at radius 3 is 2.19 bits per heavy atom. The number of hydrogen-bond donors (Lipinski definition) is 2. The average Bonchev–Trinajstić information content (AvgIpc) is 2.65. The lowest BCUT2D eigenvalue weighted by Gasteiger charge is -2.24. The second kappa shape index (κ2) is 10.1. The summed E-state index contributed by atoms with van der Waals surface area (Å²) in [5, 5.41) is 6.20. The number of aryl methyl sites for hydroxylation is 1. The highest BCUT2D eigenvalue weighted by atomic mass is 35.5. The fraction of sp³-hybridized carbons (Fsp3) is 0.364. The molecule has 0 radical (unpaired) electrons. The van der Waals surface area contributed by atoms with Gasteiger partial charge in [-0.05, 0) is 43.4 Å². The maximum atomic E-state index is 12.7. The van der Waals surface area contributed by atoms with Gasteiger partial charge in [0, 0.05) is 6.04 Å². The summed E-state index contributed by atoms with van der Waals surface area (Å²) < 4.78 is 0. The Hall–Kier alpha value is -2.33. The van der Waals surface area contributed by atoms with E-state index in [-0.39, 0.29) is 23.8 Å². The minimum absolute atomic E-state index is 0.0103. The molecular formula is C22H27ClN2O2. The first-order valence-corrected chi connectivity index (χ1v) is 9.66. The minimum Gasteiger partial charge on any atom is -0.352 e. The van der Waals surface area contributed by atoms with Crippen LogP contribution in [0.1, 0.15) is 43.1 Å². The summed E-state index contributed by atoms with van der Waals surface area (Å²) in [5.74, 6) is -0.560. The fourth-order valence-corrected chi connectivity index (χ4v) is 3.05. The monoisotopic (exact) mass is 386 g/mol.